The van der Waals surface area contributed by atoms with Crippen LogP contribution in [0, 0.1) is 0 Å². The summed E-state index contributed by atoms with van der Waals surface area (Å²) in [7, 11) is 1.55. The second-order valence-electron chi connectivity index (χ2n) is 6.77. The van der Waals surface area contributed by atoms with Crippen LogP contribution in [0.3, 0.4) is 0 Å². The number of likely N-dealkylation sites (tertiary alicyclic amines) is 1. The van der Waals surface area contributed by atoms with Crippen LogP contribution in [0.25, 0.3) is 0 Å². The maximum atomic E-state index is 12.4. The molecule has 3 amide bonds. The van der Waals surface area contributed by atoms with Gasteiger partial charge in [-0.15, -0.1) is 0 Å². The molecule has 1 unspecified atom stereocenters. The minimum atomic E-state index is -0.463. The van der Waals surface area contributed by atoms with E-state index in [1.54, 1.807) is 19.2 Å². The fourth-order valence-corrected chi connectivity index (χ4v) is 3.70. The molecule has 2 N–H and O–H groups in total. The zero-order valence-electron chi connectivity index (χ0n) is 15.8. The van der Waals surface area contributed by atoms with Gasteiger partial charge in [-0.05, 0) is 30.5 Å². The van der Waals surface area contributed by atoms with Crippen molar-refractivity contribution in [2.45, 2.75) is 31.7 Å². The van der Waals surface area contributed by atoms with Gasteiger partial charge in [-0.25, -0.2) is 0 Å². The summed E-state index contributed by atoms with van der Waals surface area (Å²) in [6.45, 7) is 1.42. The van der Waals surface area contributed by atoms with Crippen molar-refractivity contribution >= 4 is 29.3 Å². The molecule has 0 saturated carbocycles. The Hall–Kier alpha value is -2.48. The lowest BCUT2D eigenvalue weighted by Gasteiger charge is -2.23. The van der Waals surface area contributed by atoms with E-state index in [2.05, 4.69) is 10.6 Å². The van der Waals surface area contributed by atoms with Crippen molar-refractivity contribution in [1.29, 1.82) is 0 Å². The molecule has 1 saturated heterocycles. The number of fused-ring (bicyclic) bond motifs is 1. The maximum Gasteiger partial charge on any atom is 0.242 e. The van der Waals surface area contributed by atoms with Gasteiger partial charge in [0.15, 0.2) is 11.5 Å². The molecule has 0 radical (unpaired) electrons. The van der Waals surface area contributed by atoms with Crippen LogP contribution < -0.4 is 20.1 Å². The van der Waals surface area contributed by atoms with Crippen LogP contribution >= 0.6 is 11.6 Å². The summed E-state index contributed by atoms with van der Waals surface area (Å²) in [5, 5.41) is 5.58. The SMILES string of the molecule is CNC(=O)C1CCCN1C(=O)CNC(=O)Cc1cc(Cl)c2c(c1)OCCCO2. The number of amides is 3. The van der Waals surface area contributed by atoms with E-state index in [0.29, 0.717) is 48.3 Å². The summed E-state index contributed by atoms with van der Waals surface area (Å²) in [4.78, 5) is 38.0. The minimum Gasteiger partial charge on any atom is -0.489 e. The standard InChI is InChI=1S/C19H24ClN3O5/c1-21-19(26)14-4-2-5-23(14)17(25)11-22-16(24)10-12-8-13(20)18-15(9-12)27-6-3-7-28-18/h8-9,14H,2-7,10-11H2,1H3,(H,21,26)(H,22,24). The van der Waals surface area contributed by atoms with Gasteiger partial charge in [0.1, 0.15) is 6.04 Å². The van der Waals surface area contributed by atoms with E-state index in [9.17, 15) is 14.4 Å². The van der Waals surface area contributed by atoms with E-state index in [1.807, 2.05) is 0 Å². The molecule has 2 heterocycles. The third-order valence-corrected chi connectivity index (χ3v) is 5.07. The zero-order valence-corrected chi connectivity index (χ0v) is 16.5. The van der Waals surface area contributed by atoms with Crippen molar-refractivity contribution < 1.29 is 23.9 Å². The molecule has 3 rings (SSSR count). The molecule has 1 aromatic rings. The Morgan fingerprint density at radius 2 is 2.00 bits per heavy atom. The molecule has 28 heavy (non-hydrogen) atoms. The number of nitrogens with one attached hydrogen (secondary N) is 2. The van der Waals surface area contributed by atoms with Crippen molar-refractivity contribution in [3.8, 4) is 11.5 Å². The number of rotatable bonds is 5. The normalized spacial score (nSPS) is 18.4. The summed E-state index contributed by atoms with van der Waals surface area (Å²) >= 11 is 6.24. The van der Waals surface area contributed by atoms with Gasteiger partial charge in [-0.3, -0.25) is 14.4 Å². The molecule has 9 heteroatoms. The average molecular weight is 410 g/mol. The number of halogens is 1. The summed E-state index contributed by atoms with van der Waals surface area (Å²) in [5.41, 5.74) is 0.670. The zero-order chi connectivity index (χ0) is 20.1. The first-order valence-electron chi connectivity index (χ1n) is 9.35. The van der Waals surface area contributed by atoms with Gasteiger partial charge in [0.25, 0.3) is 0 Å². The number of carbonyl (C=O) groups is 3. The molecular formula is C19H24ClN3O5. The number of hydrogen-bond acceptors (Lipinski definition) is 5. The number of nitrogens with zero attached hydrogens (tertiary/aromatic N) is 1. The van der Waals surface area contributed by atoms with Gasteiger partial charge in [-0.1, -0.05) is 11.6 Å². The van der Waals surface area contributed by atoms with Crippen LogP contribution in [-0.2, 0) is 20.8 Å². The molecule has 1 atom stereocenters. The number of likely N-dealkylation sites (N-methyl/N-ethyl adjacent to an activating group) is 1. The molecule has 0 aromatic heterocycles. The first kappa shape index (κ1) is 20.3. The van der Waals surface area contributed by atoms with Crippen molar-refractivity contribution in [3.05, 3.63) is 22.7 Å². The van der Waals surface area contributed by atoms with Crippen LogP contribution in [0.4, 0.5) is 0 Å². The monoisotopic (exact) mass is 409 g/mol. The lowest BCUT2D eigenvalue weighted by atomic mass is 10.1. The molecule has 1 aromatic carbocycles. The predicted molar refractivity (Wildman–Crippen MR) is 103 cm³/mol. The van der Waals surface area contributed by atoms with Crippen LogP contribution in [-0.4, -0.2) is 62.0 Å². The highest BCUT2D eigenvalue weighted by molar-refractivity contribution is 6.32. The first-order chi connectivity index (χ1) is 13.5. The Labute approximate surface area is 168 Å². The van der Waals surface area contributed by atoms with Gasteiger partial charge in [-0.2, -0.15) is 0 Å². The fourth-order valence-electron chi connectivity index (χ4n) is 3.41. The van der Waals surface area contributed by atoms with Gasteiger partial charge in [0.05, 0.1) is 31.2 Å². The topological polar surface area (TPSA) is 97.0 Å². The van der Waals surface area contributed by atoms with Crippen molar-refractivity contribution in [3.63, 3.8) is 0 Å². The van der Waals surface area contributed by atoms with E-state index >= 15 is 0 Å². The second kappa shape index (κ2) is 9.14. The summed E-state index contributed by atoms with van der Waals surface area (Å²) in [6, 6.07) is 2.93. The molecule has 152 valence electrons. The number of benzene rings is 1. The van der Waals surface area contributed by atoms with E-state index in [0.717, 1.165) is 12.8 Å². The van der Waals surface area contributed by atoms with E-state index in [4.69, 9.17) is 21.1 Å². The lowest BCUT2D eigenvalue weighted by Crippen LogP contribution is -2.48. The molecule has 1 fully saturated rings. The van der Waals surface area contributed by atoms with Gasteiger partial charge >= 0.3 is 0 Å². The van der Waals surface area contributed by atoms with Crippen molar-refractivity contribution in [2.75, 3.05) is 33.4 Å². The smallest absolute Gasteiger partial charge is 0.242 e. The second-order valence-corrected chi connectivity index (χ2v) is 7.18. The Morgan fingerprint density at radius 3 is 2.79 bits per heavy atom. The quantitative estimate of drug-likeness (QED) is 0.753. The predicted octanol–water partition coefficient (Wildman–Crippen LogP) is 0.897. The van der Waals surface area contributed by atoms with E-state index < -0.39 is 6.04 Å². The summed E-state index contributed by atoms with van der Waals surface area (Å²) < 4.78 is 11.2. The Bertz CT molecular complexity index is 770. The van der Waals surface area contributed by atoms with Crippen molar-refractivity contribution in [1.82, 2.24) is 15.5 Å². The Balaban J connectivity index is 1.56. The summed E-state index contributed by atoms with van der Waals surface area (Å²) in [6.07, 6.45) is 2.22. The minimum absolute atomic E-state index is 0.0581. The fraction of sp³-hybridized carbons (Fsp3) is 0.526. The lowest BCUT2D eigenvalue weighted by molar-refractivity contribution is -0.138. The number of carbonyl (C=O) groups excluding carboxylic acids is 3. The van der Waals surface area contributed by atoms with Crippen LogP contribution in [0.5, 0.6) is 11.5 Å². The Morgan fingerprint density at radius 1 is 1.21 bits per heavy atom. The first-order valence-corrected chi connectivity index (χ1v) is 9.73. The third kappa shape index (κ3) is 4.67. The molecule has 0 aliphatic carbocycles. The van der Waals surface area contributed by atoms with Gasteiger partial charge in [0, 0.05) is 20.0 Å². The largest absolute Gasteiger partial charge is 0.489 e. The molecule has 8 nitrogen and oxygen atoms in total. The van der Waals surface area contributed by atoms with Crippen LogP contribution in [0.15, 0.2) is 12.1 Å². The highest BCUT2D eigenvalue weighted by Gasteiger charge is 2.33. The van der Waals surface area contributed by atoms with Crippen LogP contribution in [0.2, 0.25) is 5.02 Å². The van der Waals surface area contributed by atoms with E-state index in [1.165, 1.54) is 4.90 Å². The highest BCUT2D eigenvalue weighted by atomic mass is 35.5. The molecule has 2 aliphatic heterocycles. The molecule has 0 spiro atoms. The highest BCUT2D eigenvalue weighted by Crippen LogP contribution is 2.38. The van der Waals surface area contributed by atoms with Gasteiger partial charge in [0.2, 0.25) is 17.7 Å². The van der Waals surface area contributed by atoms with E-state index in [-0.39, 0.29) is 30.7 Å². The molecule has 2 aliphatic rings. The van der Waals surface area contributed by atoms with Crippen molar-refractivity contribution in [2.24, 2.45) is 0 Å². The van der Waals surface area contributed by atoms with Gasteiger partial charge < -0.3 is 25.0 Å². The number of ether oxygens (including phenoxy) is 2. The Kier molecular flexibility index (Phi) is 6.61. The van der Waals surface area contributed by atoms with Crippen LogP contribution in [0.1, 0.15) is 24.8 Å². The molecule has 0 bridgehead atoms. The summed E-state index contributed by atoms with van der Waals surface area (Å²) in [5.74, 6) is 0.256. The number of hydrogen-bond donors (Lipinski definition) is 2. The third-order valence-electron chi connectivity index (χ3n) is 4.79. The maximum absolute atomic E-state index is 12.4. The molecular weight excluding hydrogens is 386 g/mol. The average Bonchev–Trinajstić information content (AvgIpc) is 3.04.